The molecule has 6 rings (SSSR count). The number of carbonyl (C=O) groups is 12. The summed E-state index contributed by atoms with van der Waals surface area (Å²) in [5.41, 5.74) is 0. The highest BCUT2D eigenvalue weighted by Gasteiger charge is 2.45. The van der Waals surface area contributed by atoms with Crippen molar-refractivity contribution in [1.29, 1.82) is 0 Å². The highest BCUT2D eigenvalue weighted by atomic mass is 32.2. The minimum absolute atomic E-state index is 0.0110. The predicted molar refractivity (Wildman–Crippen MR) is 554 cm³/mol. The van der Waals surface area contributed by atoms with Crippen LogP contribution in [0.2, 0.25) is 0 Å². The minimum atomic E-state index is -3.42. The second-order valence-corrected chi connectivity index (χ2v) is 64.1. The zero-order valence-electron chi connectivity index (χ0n) is 84.8. The highest BCUT2D eigenvalue weighted by molar-refractivity contribution is 8.02. The van der Waals surface area contributed by atoms with Crippen LogP contribution in [0, 0.1) is 35.5 Å². The Morgan fingerprint density at radius 1 is 0.273 bits per heavy atom. The number of rotatable bonds is 58. The van der Waals surface area contributed by atoms with E-state index in [1.165, 1.54) is 76.4 Å². The number of imide groups is 6. The van der Waals surface area contributed by atoms with Crippen LogP contribution in [0.4, 0.5) is 0 Å². The maximum absolute atomic E-state index is 13.7. The Hall–Kier alpha value is -2.63. The molecule has 766 valence electrons. The van der Waals surface area contributed by atoms with Crippen LogP contribution in [0.1, 0.15) is 289 Å². The van der Waals surface area contributed by atoms with E-state index in [1.807, 2.05) is 83.1 Å². The summed E-state index contributed by atoms with van der Waals surface area (Å²) < 4.78 is 90.8. The van der Waals surface area contributed by atoms with Gasteiger partial charge >= 0.3 is 0 Å². The molecule has 0 aromatic rings. The molecule has 0 bridgehead atoms. The summed E-state index contributed by atoms with van der Waals surface area (Å²) in [5, 5.41) is 9.26. The van der Waals surface area contributed by atoms with E-state index in [2.05, 4.69) is 103 Å². The third kappa shape index (κ3) is 48.7. The molecule has 132 heavy (non-hydrogen) atoms. The molecule has 29 nitrogen and oxygen atoms in total. The van der Waals surface area contributed by atoms with Crippen molar-refractivity contribution >= 4 is 183 Å². The van der Waals surface area contributed by atoms with Gasteiger partial charge in [-0.15, -0.1) is 70.6 Å². The van der Waals surface area contributed by atoms with Crippen LogP contribution in [0.5, 0.6) is 0 Å². The standard InChI is InChI=1S/C24H42N3O5PS2.C20H40N3O5PS2.C20H39N2O3PS.C15H27NO4S2.C13H23NO2S/c1-16(2)8-13-33(32,12-7-10-26-21(28)14-19(23(26)30)34-17(3)4)25-9-11-27-22(29)15-20(24(27)31)35-18(5)6;1-15(2)8-9-21-29(26,13-10-22-31(27,28)17(5)6)12-7-11-23-19(24)14-18(20(23)25)30-16(3)4;1-15(2)8-10-21-26(25,13-9-16(3)4)12-7-11-22-19(23)14-18(20(22)24)27-17(5)6;1-11(2)6-9-22(19,20)8-5-7-16-14(17)10-13(15(16)18)21-12(3)4;1-9(2)6-5-7-14-12(15)8-11(13(14)16)17-10(3)4/h16-20H,7-15H2,1-6H3,(H,25,32);15-18,22H,7-14H2,1-6H3,(H,21,26);15-18H,7-14H2,1-6H3,(H,21,25);11-13H,5-10H2,1-4H3;9-11H,5-8H2,1-4H3. The first-order chi connectivity index (χ1) is 61.2. The summed E-state index contributed by atoms with van der Waals surface area (Å²) >= 11 is 9.19. The second-order valence-electron chi connectivity index (χ2n) is 39.8. The van der Waals surface area contributed by atoms with Crippen LogP contribution < -0.4 is 20.0 Å². The van der Waals surface area contributed by atoms with Gasteiger partial charge in [-0.25, -0.2) is 21.6 Å². The molecule has 0 aromatic heterocycles. The molecule has 12 amide bonds. The lowest BCUT2D eigenvalue weighted by molar-refractivity contribution is -0.139. The van der Waals surface area contributed by atoms with E-state index in [0.717, 1.165) is 45.1 Å². The summed E-state index contributed by atoms with van der Waals surface area (Å²) in [6.45, 7) is 56.3. The third-order valence-corrected chi connectivity index (χ3v) is 41.5. The Balaban J connectivity index is 0.000000569. The van der Waals surface area contributed by atoms with Crippen molar-refractivity contribution in [3.63, 3.8) is 0 Å². The maximum atomic E-state index is 13.7. The van der Waals surface area contributed by atoms with Crippen molar-refractivity contribution in [3.05, 3.63) is 0 Å². The van der Waals surface area contributed by atoms with Crippen LogP contribution >= 0.6 is 92.4 Å². The monoisotopic (exact) mass is 2070 g/mol. The first-order valence-corrected chi connectivity index (χ1v) is 63.6. The Bertz CT molecular complexity index is 4010. The lowest BCUT2D eigenvalue weighted by Gasteiger charge is -2.24. The van der Waals surface area contributed by atoms with Crippen molar-refractivity contribution < 1.29 is 88.1 Å². The first kappa shape index (κ1) is 125. The van der Waals surface area contributed by atoms with Gasteiger partial charge in [0, 0.05) is 141 Å². The SMILES string of the molecule is CC(C)CCCN1C(=O)CC(SC(C)C)C1=O.CC(C)CCNP(=O)(CCCN1C(=O)CC(SC(C)C)C1=O)CCC(C)C.CC(C)CCNP(=O)(CCCN1C(=O)CC(SC(C)C)C1=O)CCNS(=O)(=O)C(C)C.CC(C)CCP(=O)(CCCN1C(=O)CC(SC(C)C)C1=O)NCCN1C(=O)CC(SC(C)C)C1=O.CC(C)CCS(=O)(=O)CCCN1C(=O)CC(SC(C)C)C1=O. The third-order valence-electron chi connectivity index (χ3n) is 22.1. The number of likely N-dealkylation sites (tertiary alicyclic amines) is 6. The number of nitrogens with one attached hydrogen (secondary N) is 4. The van der Waals surface area contributed by atoms with Crippen LogP contribution in [0.15, 0.2) is 0 Å². The van der Waals surface area contributed by atoms with E-state index in [0.29, 0.717) is 141 Å². The number of thioether (sulfide) groups is 6. The van der Waals surface area contributed by atoms with E-state index in [-0.39, 0.29) is 206 Å². The summed E-state index contributed by atoms with van der Waals surface area (Å²) in [7, 11) is -14.6. The molecular weight excluding hydrogens is 1900 g/mol. The average molecular weight is 2070 g/mol. The first-order valence-electron chi connectivity index (χ1n) is 48.3. The molecule has 6 aliphatic rings. The number of hydrogen-bond donors (Lipinski definition) is 4. The van der Waals surface area contributed by atoms with E-state index in [9.17, 15) is 88.1 Å². The Kier molecular flexibility index (Phi) is 58.9. The fourth-order valence-corrected chi connectivity index (χ4v) is 31.6. The molecule has 0 radical (unpaired) electrons. The van der Waals surface area contributed by atoms with Crippen LogP contribution in [-0.4, -0.2) is 299 Å². The minimum Gasteiger partial charge on any atom is -0.307 e. The molecular formula is C92H171N10O19P3S8. The molecule has 40 heteroatoms. The topological polar surface area (TPSA) is 392 Å². The molecule has 9 atom stereocenters. The number of carbonyl (C=O) groups excluding carboxylic acids is 12. The number of amides is 12. The molecule has 0 saturated carbocycles. The van der Waals surface area contributed by atoms with Crippen molar-refractivity contribution in [1.82, 2.24) is 49.4 Å². The number of sulfone groups is 1. The van der Waals surface area contributed by atoms with Crippen molar-refractivity contribution in [2.75, 3.05) is 114 Å². The van der Waals surface area contributed by atoms with Crippen molar-refractivity contribution in [3.8, 4) is 0 Å². The van der Waals surface area contributed by atoms with Gasteiger partial charge in [0.2, 0.25) is 80.9 Å². The molecule has 6 heterocycles. The summed E-state index contributed by atoms with van der Waals surface area (Å²) in [5.74, 6) is 1.72. The molecule has 6 saturated heterocycles. The Morgan fingerprint density at radius 2 is 0.508 bits per heavy atom. The fourth-order valence-electron chi connectivity index (χ4n) is 14.8. The molecule has 6 fully saturated rings. The molecule has 0 aliphatic carbocycles. The number of sulfonamides is 1. The zero-order chi connectivity index (χ0) is 101. The number of nitrogens with zero attached hydrogens (tertiary/aromatic N) is 6. The lowest BCUT2D eigenvalue weighted by atomic mass is 10.1. The second kappa shape index (κ2) is 61.9. The molecule has 0 spiro atoms. The summed E-state index contributed by atoms with van der Waals surface area (Å²) in [6.07, 6.45) is 12.3. The van der Waals surface area contributed by atoms with Crippen molar-refractivity contribution in [2.24, 2.45) is 35.5 Å². The smallest absolute Gasteiger partial charge is 0.242 e. The van der Waals surface area contributed by atoms with Crippen molar-refractivity contribution in [2.45, 2.75) is 357 Å². The molecule has 9 unspecified atom stereocenters. The van der Waals surface area contributed by atoms with Crippen LogP contribution in [-0.2, 0) is 91.1 Å². The van der Waals surface area contributed by atoms with Gasteiger partial charge in [-0.1, -0.05) is 166 Å². The van der Waals surface area contributed by atoms with Gasteiger partial charge in [0.25, 0.3) is 0 Å². The Labute approximate surface area is 821 Å². The zero-order valence-corrected chi connectivity index (χ0v) is 94.0. The van der Waals surface area contributed by atoms with Gasteiger partial charge in [-0.2, -0.15) is 0 Å². The molecule has 0 aromatic carbocycles. The van der Waals surface area contributed by atoms with E-state index >= 15 is 0 Å². The van der Waals surface area contributed by atoms with Gasteiger partial charge in [-0.05, 0) is 151 Å². The van der Waals surface area contributed by atoms with Gasteiger partial charge in [0.15, 0.2) is 0 Å². The summed E-state index contributed by atoms with van der Waals surface area (Å²) in [4.78, 5) is 155. The number of hydrogen-bond acceptors (Lipinski definition) is 25. The van der Waals surface area contributed by atoms with Gasteiger partial charge in [-0.3, -0.25) is 102 Å². The highest BCUT2D eigenvalue weighted by Crippen LogP contribution is 2.46. The molecule has 6 aliphatic heterocycles. The predicted octanol–water partition coefficient (Wildman–Crippen LogP) is 16.1. The summed E-state index contributed by atoms with van der Waals surface area (Å²) in [6, 6.07) is 0. The fraction of sp³-hybridized carbons (Fsp3) is 0.870. The normalized spacial score (nSPS) is 20.9. The van der Waals surface area contributed by atoms with Crippen LogP contribution in [0.3, 0.4) is 0 Å². The maximum Gasteiger partial charge on any atom is 0.242 e. The average Bonchev–Trinajstić information content (AvgIpc) is 1.71. The Morgan fingerprint density at radius 3 is 0.758 bits per heavy atom. The van der Waals surface area contributed by atoms with E-state index < -0.39 is 47.0 Å². The quantitative estimate of drug-likeness (QED) is 0.0324. The lowest BCUT2D eigenvalue weighted by Crippen LogP contribution is -2.37. The molecule has 4 N–H and O–H groups in total. The largest absolute Gasteiger partial charge is 0.307 e. The van der Waals surface area contributed by atoms with E-state index in [1.54, 1.807) is 37.4 Å². The van der Waals surface area contributed by atoms with Gasteiger partial charge in [0.1, 0.15) is 31.7 Å². The van der Waals surface area contributed by atoms with E-state index in [4.69, 9.17) is 0 Å². The van der Waals surface area contributed by atoms with Gasteiger partial charge < -0.3 is 13.7 Å². The van der Waals surface area contributed by atoms with Crippen LogP contribution in [0.25, 0.3) is 0 Å². The van der Waals surface area contributed by atoms with Gasteiger partial charge in [0.05, 0.1) is 48.3 Å².